The molecule has 0 aliphatic carbocycles. The average molecular weight is 300 g/mol. The van der Waals surface area contributed by atoms with Gasteiger partial charge in [-0.2, -0.15) is 0 Å². The van der Waals surface area contributed by atoms with Crippen molar-refractivity contribution in [2.75, 3.05) is 26.3 Å². The average Bonchev–Trinajstić information content (AvgIpc) is 2.41. The van der Waals surface area contributed by atoms with E-state index in [0.717, 1.165) is 12.8 Å². The molecule has 1 aliphatic rings. The molecule has 0 aromatic carbocycles. The quantitative estimate of drug-likeness (QED) is 0.664. The van der Waals surface area contributed by atoms with E-state index < -0.39 is 5.60 Å². The lowest BCUT2D eigenvalue weighted by Gasteiger charge is -2.32. The molecule has 1 amide bonds. The lowest BCUT2D eigenvalue weighted by atomic mass is 9.76. The summed E-state index contributed by atoms with van der Waals surface area (Å²) in [6.45, 7) is 8.68. The first-order valence-corrected chi connectivity index (χ1v) is 8.04. The minimum atomic E-state index is -0.797. The van der Waals surface area contributed by atoms with Crippen LogP contribution in [0.25, 0.3) is 0 Å². The van der Waals surface area contributed by atoms with Gasteiger partial charge in [0.05, 0.1) is 5.60 Å². The number of hydrogen-bond acceptors (Lipinski definition) is 4. The normalized spacial score (nSPS) is 20.0. The highest BCUT2D eigenvalue weighted by atomic mass is 16.5. The summed E-state index contributed by atoms with van der Waals surface area (Å²) < 4.78 is 5.23. The molecule has 4 N–H and O–H groups in total. The van der Waals surface area contributed by atoms with E-state index in [9.17, 15) is 9.90 Å². The molecule has 124 valence electrons. The van der Waals surface area contributed by atoms with Gasteiger partial charge in [-0.05, 0) is 30.7 Å². The fraction of sp³-hybridized carbons (Fsp3) is 0.938. The SMILES string of the molecule is CC(C)(C)C(CCN)CCC(=O)NCC1(O)CCOCC1. The molecule has 0 saturated carbocycles. The van der Waals surface area contributed by atoms with Gasteiger partial charge in [0.1, 0.15) is 0 Å². The molecule has 0 aromatic rings. The van der Waals surface area contributed by atoms with Crippen molar-refractivity contribution in [3.63, 3.8) is 0 Å². The number of ether oxygens (including phenoxy) is 1. The van der Waals surface area contributed by atoms with Crippen LogP contribution in [0.5, 0.6) is 0 Å². The summed E-state index contributed by atoms with van der Waals surface area (Å²) in [5, 5.41) is 13.2. The van der Waals surface area contributed by atoms with Crippen molar-refractivity contribution in [3.05, 3.63) is 0 Å². The van der Waals surface area contributed by atoms with Crippen LogP contribution in [0.2, 0.25) is 0 Å². The number of aliphatic hydroxyl groups is 1. The summed E-state index contributed by atoms with van der Waals surface area (Å²) in [5.41, 5.74) is 5.03. The second kappa shape index (κ2) is 8.11. The van der Waals surface area contributed by atoms with Crippen LogP contribution >= 0.6 is 0 Å². The van der Waals surface area contributed by atoms with Crippen molar-refractivity contribution >= 4 is 5.91 Å². The molecule has 1 rings (SSSR count). The number of carbonyl (C=O) groups excluding carboxylic acids is 1. The molecule has 5 nitrogen and oxygen atoms in total. The van der Waals surface area contributed by atoms with Crippen LogP contribution in [0.1, 0.15) is 52.9 Å². The first-order chi connectivity index (χ1) is 9.77. The van der Waals surface area contributed by atoms with Crippen molar-refractivity contribution in [1.29, 1.82) is 0 Å². The predicted molar refractivity (Wildman–Crippen MR) is 83.9 cm³/mol. The highest BCUT2D eigenvalue weighted by Gasteiger charge is 2.30. The third kappa shape index (κ3) is 6.76. The van der Waals surface area contributed by atoms with Crippen molar-refractivity contribution in [2.45, 2.75) is 58.5 Å². The van der Waals surface area contributed by atoms with E-state index in [-0.39, 0.29) is 11.3 Å². The first-order valence-electron chi connectivity index (χ1n) is 8.04. The Balaban J connectivity index is 2.32. The zero-order valence-electron chi connectivity index (χ0n) is 13.8. The van der Waals surface area contributed by atoms with E-state index in [1.165, 1.54) is 0 Å². The molecule has 1 aliphatic heterocycles. The third-order valence-corrected chi connectivity index (χ3v) is 4.50. The summed E-state index contributed by atoms with van der Waals surface area (Å²) in [6.07, 6.45) is 3.46. The molecule has 1 atom stereocenters. The largest absolute Gasteiger partial charge is 0.388 e. The van der Waals surface area contributed by atoms with Crippen LogP contribution in [-0.2, 0) is 9.53 Å². The Morgan fingerprint density at radius 3 is 2.48 bits per heavy atom. The summed E-state index contributed by atoms with van der Waals surface area (Å²) in [4.78, 5) is 12.0. The third-order valence-electron chi connectivity index (χ3n) is 4.50. The van der Waals surface area contributed by atoms with E-state index in [2.05, 4.69) is 26.1 Å². The van der Waals surface area contributed by atoms with Crippen molar-refractivity contribution < 1.29 is 14.6 Å². The van der Waals surface area contributed by atoms with Gasteiger partial charge in [-0.3, -0.25) is 4.79 Å². The van der Waals surface area contributed by atoms with Crippen LogP contribution in [-0.4, -0.2) is 42.9 Å². The van der Waals surface area contributed by atoms with Gasteiger partial charge in [-0.25, -0.2) is 0 Å². The molecular formula is C16H32N2O3. The van der Waals surface area contributed by atoms with Gasteiger partial charge < -0.3 is 20.9 Å². The molecule has 0 bridgehead atoms. The van der Waals surface area contributed by atoms with Gasteiger partial charge in [-0.1, -0.05) is 20.8 Å². The highest BCUT2D eigenvalue weighted by molar-refractivity contribution is 5.75. The molecule has 1 heterocycles. The number of nitrogens with two attached hydrogens (primary N) is 1. The zero-order chi connectivity index (χ0) is 15.9. The lowest BCUT2D eigenvalue weighted by molar-refractivity contribution is -0.124. The molecular weight excluding hydrogens is 268 g/mol. The Morgan fingerprint density at radius 2 is 1.95 bits per heavy atom. The molecule has 5 heteroatoms. The second-order valence-corrected chi connectivity index (χ2v) is 7.29. The summed E-state index contributed by atoms with van der Waals surface area (Å²) >= 11 is 0. The highest BCUT2D eigenvalue weighted by Crippen LogP contribution is 2.32. The van der Waals surface area contributed by atoms with E-state index in [4.69, 9.17) is 10.5 Å². The van der Waals surface area contributed by atoms with Crippen LogP contribution < -0.4 is 11.1 Å². The fourth-order valence-corrected chi connectivity index (χ4v) is 2.80. The number of amides is 1. The van der Waals surface area contributed by atoms with Crippen LogP contribution in [0.3, 0.4) is 0 Å². The molecule has 0 radical (unpaired) electrons. The van der Waals surface area contributed by atoms with E-state index >= 15 is 0 Å². The number of hydrogen-bond donors (Lipinski definition) is 3. The summed E-state index contributed by atoms with van der Waals surface area (Å²) in [7, 11) is 0. The maximum absolute atomic E-state index is 12.0. The van der Waals surface area contributed by atoms with Gasteiger partial charge in [0.15, 0.2) is 0 Å². The number of rotatable bonds is 7. The maximum Gasteiger partial charge on any atom is 0.220 e. The minimum absolute atomic E-state index is 0.0150. The number of carbonyl (C=O) groups is 1. The predicted octanol–water partition coefficient (Wildman–Crippen LogP) is 1.44. The molecule has 21 heavy (non-hydrogen) atoms. The topological polar surface area (TPSA) is 84.6 Å². The molecule has 1 unspecified atom stereocenters. The van der Waals surface area contributed by atoms with Crippen molar-refractivity contribution in [1.82, 2.24) is 5.32 Å². The fourth-order valence-electron chi connectivity index (χ4n) is 2.80. The van der Waals surface area contributed by atoms with Gasteiger partial charge in [0.25, 0.3) is 0 Å². The Labute approximate surface area is 128 Å². The van der Waals surface area contributed by atoms with Crippen molar-refractivity contribution in [2.24, 2.45) is 17.1 Å². The van der Waals surface area contributed by atoms with E-state index in [1.807, 2.05) is 0 Å². The van der Waals surface area contributed by atoms with Gasteiger partial charge in [0, 0.05) is 39.0 Å². The van der Waals surface area contributed by atoms with Gasteiger partial charge >= 0.3 is 0 Å². The smallest absolute Gasteiger partial charge is 0.220 e. The number of nitrogens with one attached hydrogen (secondary N) is 1. The Kier molecular flexibility index (Phi) is 7.10. The van der Waals surface area contributed by atoms with E-state index in [0.29, 0.717) is 51.5 Å². The van der Waals surface area contributed by atoms with Crippen molar-refractivity contribution in [3.8, 4) is 0 Å². The standard InChI is InChI=1S/C16H32N2O3/c1-15(2,3)13(6-9-17)4-5-14(19)18-12-16(20)7-10-21-11-8-16/h13,20H,4-12,17H2,1-3H3,(H,18,19). The lowest BCUT2D eigenvalue weighted by Crippen LogP contribution is -2.46. The first kappa shape index (κ1) is 18.4. The Bertz CT molecular complexity index is 320. The Hall–Kier alpha value is -0.650. The zero-order valence-corrected chi connectivity index (χ0v) is 13.8. The Morgan fingerprint density at radius 1 is 1.33 bits per heavy atom. The van der Waals surface area contributed by atoms with Crippen LogP contribution in [0.15, 0.2) is 0 Å². The minimum Gasteiger partial charge on any atom is -0.388 e. The van der Waals surface area contributed by atoms with Gasteiger partial charge in [-0.15, -0.1) is 0 Å². The van der Waals surface area contributed by atoms with Gasteiger partial charge in [0.2, 0.25) is 5.91 Å². The van der Waals surface area contributed by atoms with Crippen LogP contribution in [0, 0.1) is 11.3 Å². The molecule has 0 aromatic heterocycles. The molecule has 0 spiro atoms. The maximum atomic E-state index is 12.0. The second-order valence-electron chi connectivity index (χ2n) is 7.29. The summed E-state index contributed by atoms with van der Waals surface area (Å²) in [6, 6.07) is 0. The van der Waals surface area contributed by atoms with E-state index in [1.54, 1.807) is 0 Å². The molecule has 1 saturated heterocycles. The van der Waals surface area contributed by atoms with Crippen LogP contribution in [0.4, 0.5) is 0 Å². The molecule has 1 fully saturated rings. The summed E-state index contributed by atoms with van der Waals surface area (Å²) in [5.74, 6) is 0.459. The monoisotopic (exact) mass is 300 g/mol.